The molecule has 6 nitrogen and oxygen atoms in total. The Bertz CT molecular complexity index is 940. The Balaban J connectivity index is 1.47. The lowest BCUT2D eigenvalue weighted by molar-refractivity contribution is 0.0672. The largest absolute Gasteiger partial charge is 0.490 e. The van der Waals surface area contributed by atoms with Crippen LogP contribution in [-0.4, -0.2) is 46.3 Å². The molecule has 2 fully saturated rings. The molecule has 2 heterocycles. The lowest BCUT2D eigenvalue weighted by Crippen LogP contribution is -2.38. The maximum Gasteiger partial charge on any atom is 0.138 e. The van der Waals surface area contributed by atoms with Gasteiger partial charge in [-0.25, -0.2) is 14.4 Å². The number of halogens is 2. The van der Waals surface area contributed by atoms with Crippen LogP contribution in [0.4, 0.5) is 4.39 Å². The molecule has 0 amide bonds. The maximum atomic E-state index is 13.9. The van der Waals surface area contributed by atoms with Crippen LogP contribution in [0.1, 0.15) is 41.5 Å². The molecule has 2 aliphatic rings. The van der Waals surface area contributed by atoms with Gasteiger partial charge in [0.2, 0.25) is 0 Å². The van der Waals surface area contributed by atoms with Gasteiger partial charge in [0.15, 0.2) is 0 Å². The Labute approximate surface area is 181 Å². The first-order valence-electron chi connectivity index (χ1n) is 10.3. The summed E-state index contributed by atoms with van der Waals surface area (Å²) in [4.78, 5) is 11.2. The Morgan fingerprint density at radius 3 is 2.63 bits per heavy atom. The van der Waals surface area contributed by atoms with Crippen molar-refractivity contribution in [2.45, 2.75) is 45.3 Å². The van der Waals surface area contributed by atoms with E-state index < -0.39 is 0 Å². The van der Waals surface area contributed by atoms with Crippen molar-refractivity contribution in [2.75, 3.05) is 19.6 Å². The topological polar surface area (TPSA) is 88.1 Å². The number of nitrogens with two attached hydrogens (primary N) is 1. The van der Waals surface area contributed by atoms with Gasteiger partial charge in [-0.3, -0.25) is 4.90 Å². The van der Waals surface area contributed by atoms with Crippen molar-refractivity contribution in [3.8, 4) is 5.75 Å². The summed E-state index contributed by atoms with van der Waals surface area (Å²) in [6, 6.07) is 4.69. The smallest absolute Gasteiger partial charge is 0.138 e. The summed E-state index contributed by atoms with van der Waals surface area (Å²) in [5.74, 6) is 1.25. The molecule has 1 atom stereocenters. The number of ether oxygens (including phenoxy) is 1. The zero-order valence-corrected chi connectivity index (χ0v) is 18.0. The van der Waals surface area contributed by atoms with Gasteiger partial charge in [0.05, 0.1) is 28.4 Å². The molecule has 0 bridgehead atoms. The van der Waals surface area contributed by atoms with E-state index in [9.17, 15) is 4.39 Å². The lowest BCUT2D eigenvalue weighted by Gasteiger charge is -2.35. The predicted octanol–water partition coefficient (Wildman–Crippen LogP) is 3.62. The minimum Gasteiger partial charge on any atom is -0.490 e. The van der Waals surface area contributed by atoms with E-state index in [1.165, 1.54) is 12.1 Å². The standard InChI is InChI=1S/C22H27ClFN5O/c1-12-21(23)13(2)28-22(27-12)18-10-29(11-19(18)26)9-15-3-4-16(24)7-20(15)30-17-5-14(6-17)8-25/h3-4,7,14,17-18,26H,5-6,8-11,25H2,1-2H3. The van der Waals surface area contributed by atoms with Crippen LogP contribution in [0.5, 0.6) is 5.75 Å². The van der Waals surface area contributed by atoms with E-state index in [1.54, 1.807) is 6.07 Å². The number of hydrogen-bond donors (Lipinski definition) is 2. The minimum atomic E-state index is -0.309. The van der Waals surface area contributed by atoms with Gasteiger partial charge in [-0.15, -0.1) is 0 Å². The van der Waals surface area contributed by atoms with E-state index in [0.29, 0.717) is 54.4 Å². The first kappa shape index (κ1) is 21.2. The van der Waals surface area contributed by atoms with Crippen LogP contribution in [0.2, 0.25) is 5.02 Å². The molecule has 1 saturated heterocycles. The van der Waals surface area contributed by atoms with Crippen molar-refractivity contribution in [3.05, 3.63) is 51.8 Å². The van der Waals surface area contributed by atoms with Crippen molar-refractivity contribution in [1.82, 2.24) is 14.9 Å². The number of nitrogens with zero attached hydrogens (tertiary/aromatic N) is 3. The van der Waals surface area contributed by atoms with Crippen LogP contribution in [-0.2, 0) is 6.54 Å². The second kappa shape index (κ2) is 8.57. The highest BCUT2D eigenvalue weighted by atomic mass is 35.5. The molecule has 1 aliphatic heterocycles. The maximum absolute atomic E-state index is 13.9. The molecule has 1 aliphatic carbocycles. The number of hydrogen-bond acceptors (Lipinski definition) is 6. The average molecular weight is 432 g/mol. The van der Waals surface area contributed by atoms with Gasteiger partial charge in [-0.1, -0.05) is 17.7 Å². The summed E-state index contributed by atoms with van der Waals surface area (Å²) in [6.45, 7) is 6.11. The van der Waals surface area contributed by atoms with Crippen LogP contribution < -0.4 is 10.5 Å². The number of rotatable bonds is 6. The summed E-state index contributed by atoms with van der Waals surface area (Å²) < 4.78 is 19.9. The van der Waals surface area contributed by atoms with Crippen LogP contribution in [0.3, 0.4) is 0 Å². The molecule has 4 rings (SSSR count). The second-order valence-electron chi connectivity index (χ2n) is 8.38. The van der Waals surface area contributed by atoms with Gasteiger partial charge in [-0.05, 0) is 45.2 Å². The zero-order chi connectivity index (χ0) is 21.4. The minimum absolute atomic E-state index is 0.0946. The van der Waals surface area contributed by atoms with Crippen LogP contribution in [0.25, 0.3) is 0 Å². The quantitative estimate of drug-likeness (QED) is 0.729. The van der Waals surface area contributed by atoms with Gasteiger partial charge < -0.3 is 15.9 Å². The lowest BCUT2D eigenvalue weighted by atomic mass is 9.82. The average Bonchev–Trinajstić information content (AvgIpc) is 3.04. The summed E-state index contributed by atoms with van der Waals surface area (Å²) in [5, 5.41) is 9.03. The number of benzene rings is 1. The molecule has 160 valence electrons. The second-order valence-corrected chi connectivity index (χ2v) is 8.76. The molecule has 30 heavy (non-hydrogen) atoms. The SMILES string of the molecule is Cc1nc(C2CN(Cc3ccc(F)cc3OC3CC(CN)C3)CC2=N)nc(C)c1Cl. The van der Waals surface area contributed by atoms with Crippen molar-refractivity contribution < 1.29 is 9.13 Å². The van der Waals surface area contributed by atoms with E-state index in [4.69, 9.17) is 27.5 Å². The van der Waals surface area contributed by atoms with Gasteiger partial charge in [0, 0.05) is 37.0 Å². The molecule has 0 spiro atoms. The summed E-state index contributed by atoms with van der Waals surface area (Å²) in [7, 11) is 0. The molecular weight excluding hydrogens is 405 g/mol. The fraction of sp³-hybridized carbons (Fsp3) is 0.500. The number of aromatic nitrogens is 2. The van der Waals surface area contributed by atoms with Gasteiger partial charge >= 0.3 is 0 Å². The molecule has 1 aromatic carbocycles. The third kappa shape index (κ3) is 4.33. The molecule has 2 aromatic rings. The van der Waals surface area contributed by atoms with E-state index in [-0.39, 0.29) is 17.8 Å². The highest BCUT2D eigenvalue weighted by molar-refractivity contribution is 6.31. The highest BCUT2D eigenvalue weighted by Gasteiger charge is 2.33. The summed E-state index contributed by atoms with van der Waals surface area (Å²) >= 11 is 6.19. The number of likely N-dealkylation sites (tertiary alicyclic amines) is 1. The van der Waals surface area contributed by atoms with Gasteiger partial charge in [-0.2, -0.15) is 0 Å². The summed E-state index contributed by atoms with van der Waals surface area (Å²) in [5.41, 5.74) is 8.65. The predicted molar refractivity (Wildman–Crippen MR) is 115 cm³/mol. The normalized spacial score (nSPS) is 24.2. The first-order chi connectivity index (χ1) is 14.3. The van der Waals surface area contributed by atoms with Crippen LogP contribution >= 0.6 is 11.6 Å². The molecule has 0 radical (unpaired) electrons. The Morgan fingerprint density at radius 1 is 1.27 bits per heavy atom. The number of nitrogens with one attached hydrogen (secondary N) is 1. The Kier molecular flexibility index (Phi) is 6.04. The third-order valence-corrected chi connectivity index (χ3v) is 6.56. The van der Waals surface area contributed by atoms with E-state index >= 15 is 0 Å². The third-order valence-electron chi connectivity index (χ3n) is 6.01. The van der Waals surface area contributed by atoms with Crippen molar-refractivity contribution in [3.63, 3.8) is 0 Å². The molecule has 1 unspecified atom stereocenters. The van der Waals surface area contributed by atoms with Crippen molar-refractivity contribution >= 4 is 17.3 Å². The van der Waals surface area contributed by atoms with Gasteiger partial charge in [0.25, 0.3) is 0 Å². The molecule has 8 heteroatoms. The molecular formula is C22H27ClFN5O. The fourth-order valence-electron chi connectivity index (χ4n) is 4.18. The van der Waals surface area contributed by atoms with Gasteiger partial charge in [0.1, 0.15) is 17.4 Å². The van der Waals surface area contributed by atoms with Crippen LogP contribution in [0, 0.1) is 31.0 Å². The van der Waals surface area contributed by atoms with E-state index in [2.05, 4.69) is 14.9 Å². The fourth-order valence-corrected chi connectivity index (χ4v) is 4.26. The van der Waals surface area contributed by atoms with Crippen molar-refractivity contribution in [2.24, 2.45) is 11.7 Å². The first-order valence-corrected chi connectivity index (χ1v) is 10.7. The zero-order valence-electron chi connectivity index (χ0n) is 17.3. The highest BCUT2D eigenvalue weighted by Crippen LogP contribution is 2.34. The Hall–Kier alpha value is -2.09. The summed E-state index contributed by atoms with van der Waals surface area (Å²) in [6.07, 6.45) is 1.92. The molecule has 3 N–H and O–H groups in total. The molecule has 1 aromatic heterocycles. The monoisotopic (exact) mass is 431 g/mol. The Morgan fingerprint density at radius 2 is 1.97 bits per heavy atom. The van der Waals surface area contributed by atoms with Crippen LogP contribution in [0.15, 0.2) is 18.2 Å². The molecule has 1 saturated carbocycles. The van der Waals surface area contributed by atoms with E-state index in [0.717, 1.165) is 29.8 Å². The van der Waals surface area contributed by atoms with Crippen molar-refractivity contribution in [1.29, 1.82) is 5.41 Å². The number of aryl methyl sites for hydroxylation is 2. The van der Waals surface area contributed by atoms with E-state index in [1.807, 2.05) is 13.8 Å².